The van der Waals surface area contributed by atoms with Gasteiger partial charge in [0.25, 0.3) is 0 Å². The molecule has 1 aromatic heterocycles. The van der Waals surface area contributed by atoms with Gasteiger partial charge in [0, 0.05) is 16.7 Å². The van der Waals surface area contributed by atoms with Crippen molar-refractivity contribution >= 4 is 5.69 Å². The van der Waals surface area contributed by atoms with Crippen molar-refractivity contribution in [1.82, 2.24) is 15.0 Å². The second kappa shape index (κ2) is 12.9. The minimum absolute atomic E-state index is 0.506. The molecule has 0 fully saturated rings. The Labute approximate surface area is 331 Å². The fourth-order valence-corrected chi connectivity index (χ4v) is 9.04. The lowest BCUT2D eigenvalue weighted by atomic mass is 9.70. The first-order chi connectivity index (χ1) is 28.2. The molecule has 0 saturated carbocycles. The van der Waals surface area contributed by atoms with Crippen molar-refractivity contribution in [2.75, 3.05) is 0 Å². The van der Waals surface area contributed by atoms with Crippen molar-refractivity contribution in [2.24, 2.45) is 0 Å². The van der Waals surface area contributed by atoms with Crippen molar-refractivity contribution in [2.45, 2.75) is 5.41 Å². The molecule has 11 rings (SSSR count). The molecule has 1 heterocycles. The summed E-state index contributed by atoms with van der Waals surface area (Å²) in [4.78, 5) is 19.1. The summed E-state index contributed by atoms with van der Waals surface area (Å²) >= 11 is 0. The van der Waals surface area contributed by atoms with Crippen LogP contribution in [-0.2, 0) is 5.41 Å². The molecule has 0 radical (unpaired) electrons. The van der Waals surface area contributed by atoms with Gasteiger partial charge in [0.05, 0.1) is 12.0 Å². The molecule has 2 aliphatic rings. The van der Waals surface area contributed by atoms with Crippen LogP contribution in [0.4, 0.5) is 5.69 Å². The highest BCUT2D eigenvalue weighted by atomic mass is 15.0. The molecule has 2 aliphatic carbocycles. The van der Waals surface area contributed by atoms with Crippen LogP contribution in [0.5, 0.6) is 0 Å². The van der Waals surface area contributed by atoms with Gasteiger partial charge < -0.3 is 0 Å². The molecule has 57 heavy (non-hydrogen) atoms. The lowest BCUT2D eigenvalue weighted by Gasteiger charge is -2.30. The maximum absolute atomic E-state index is 7.84. The minimum Gasteiger partial charge on any atom is -0.238 e. The second-order valence-corrected chi connectivity index (χ2v) is 14.6. The molecule has 9 aromatic rings. The number of aromatic nitrogens is 3. The number of fused-ring (bicyclic) bond motifs is 10. The zero-order valence-electron chi connectivity index (χ0n) is 30.8. The smallest absolute Gasteiger partial charge is 0.187 e. The minimum atomic E-state index is -0.506. The zero-order chi connectivity index (χ0) is 37.9. The number of hydrogen-bond donors (Lipinski definition) is 0. The highest BCUT2D eigenvalue weighted by Crippen LogP contribution is 2.63. The monoisotopic (exact) mass is 724 g/mol. The summed E-state index contributed by atoms with van der Waals surface area (Å²) in [5.74, 6) is 1.86. The van der Waals surface area contributed by atoms with E-state index in [0.29, 0.717) is 23.2 Å². The standard InChI is InChI=1S/C53H32N4/c1-54-41-27-29-48-45(33-41)44-28-26-38(32-49(44)53(48)46-24-10-8-22-42(46)43-23-9-11-25-47(43)53)37-19-13-21-40(31-37)52-56-50(35-16-6-3-7-17-35)55-51(57-52)39-20-12-18-36(30-39)34-14-4-2-5-15-34/h2-33H. The molecule has 0 aliphatic heterocycles. The topological polar surface area (TPSA) is 43.0 Å². The van der Waals surface area contributed by atoms with Crippen molar-refractivity contribution in [3.05, 3.63) is 228 Å². The molecule has 0 amide bonds. The first kappa shape index (κ1) is 32.7. The molecule has 264 valence electrons. The Bertz CT molecular complexity index is 3040. The summed E-state index contributed by atoms with van der Waals surface area (Å²) in [6.07, 6.45) is 0. The maximum Gasteiger partial charge on any atom is 0.187 e. The van der Waals surface area contributed by atoms with Crippen LogP contribution in [0.25, 0.3) is 83.5 Å². The molecule has 0 atom stereocenters. The van der Waals surface area contributed by atoms with Crippen LogP contribution in [0.1, 0.15) is 22.3 Å². The number of nitrogens with zero attached hydrogens (tertiary/aromatic N) is 4. The van der Waals surface area contributed by atoms with E-state index in [1.807, 2.05) is 42.5 Å². The van der Waals surface area contributed by atoms with Gasteiger partial charge in [-0.25, -0.2) is 19.8 Å². The van der Waals surface area contributed by atoms with E-state index >= 15 is 0 Å². The maximum atomic E-state index is 7.84. The lowest BCUT2D eigenvalue weighted by Crippen LogP contribution is -2.25. The Morgan fingerprint density at radius 3 is 1.39 bits per heavy atom. The zero-order valence-corrected chi connectivity index (χ0v) is 30.8. The summed E-state index contributed by atoms with van der Waals surface area (Å²) in [6, 6.07) is 68.1. The summed E-state index contributed by atoms with van der Waals surface area (Å²) in [6.45, 7) is 7.84. The number of rotatable bonds is 5. The molecule has 8 aromatic carbocycles. The lowest BCUT2D eigenvalue weighted by molar-refractivity contribution is 0.794. The van der Waals surface area contributed by atoms with Crippen molar-refractivity contribution in [3.63, 3.8) is 0 Å². The van der Waals surface area contributed by atoms with E-state index in [-0.39, 0.29) is 0 Å². The highest BCUT2D eigenvalue weighted by Gasteiger charge is 2.51. The largest absolute Gasteiger partial charge is 0.238 e. The molecule has 0 bridgehead atoms. The molecular weight excluding hydrogens is 693 g/mol. The normalized spacial score (nSPS) is 12.7. The van der Waals surface area contributed by atoms with Gasteiger partial charge in [-0.2, -0.15) is 0 Å². The summed E-state index contributed by atoms with van der Waals surface area (Å²) < 4.78 is 0. The quantitative estimate of drug-likeness (QED) is 0.166. The van der Waals surface area contributed by atoms with Crippen molar-refractivity contribution in [3.8, 4) is 78.7 Å². The summed E-state index contributed by atoms with van der Waals surface area (Å²) in [5, 5.41) is 0. The van der Waals surface area contributed by atoms with Crippen LogP contribution in [-0.4, -0.2) is 15.0 Å². The molecule has 4 heteroatoms. The predicted octanol–water partition coefficient (Wildman–Crippen LogP) is 13.1. The SMILES string of the molecule is [C-]#[N+]c1ccc2c(c1)-c1ccc(-c3cccc(-c4nc(-c5ccccc5)nc(-c5cccc(-c6ccccc6)c5)n4)c3)cc1C21c2ccccc2-c2ccccc21. The van der Waals surface area contributed by atoms with Gasteiger partial charge in [0.1, 0.15) is 0 Å². The molecule has 0 unspecified atom stereocenters. The molecule has 4 nitrogen and oxygen atoms in total. The van der Waals surface area contributed by atoms with Gasteiger partial charge in [0.15, 0.2) is 23.2 Å². The van der Waals surface area contributed by atoms with E-state index in [1.54, 1.807) is 0 Å². The molecular formula is C53H32N4. The Morgan fingerprint density at radius 1 is 0.316 bits per heavy atom. The van der Waals surface area contributed by atoms with E-state index in [9.17, 15) is 0 Å². The van der Waals surface area contributed by atoms with Crippen molar-refractivity contribution in [1.29, 1.82) is 0 Å². The second-order valence-electron chi connectivity index (χ2n) is 14.6. The van der Waals surface area contributed by atoms with Gasteiger partial charge in [-0.15, -0.1) is 0 Å². The Morgan fingerprint density at radius 2 is 0.772 bits per heavy atom. The average Bonchev–Trinajstić information content (AvgIpc) is 3.76. The van der Waals surface area contributed by atoms with Crippen LogP contribution in [0.15, 0.2) is 194 Å². The van der Waals surface area contributed by atoms with Crippen LogP contribution in [0, 0.1) is 6.57 Å². The van der Waals surface area contributed by atoms with Crippen LogP contribution in [0.2, 0.25) is 0 Å². The van der Waals surface area contributed by atoms with E-state index in [2.05, 4.69) is 157 Å². The summed E-state index contributed by atoms with van der Waals surface area (Å²) in [5.41, 5.74) is 17.1. The van der Waals surface area contributed by atoms with E-state index in [1.165, 1.54) is 33.4 Å². The van der Waals surface area contributed by atoms with Crippen molar-refractivity contribution < 1.29 is 0 Å². The van der Waals surface area contributed by atoms with Gasteiger partial charge in [-0.1, -0.05) is 170 Å². The first-order valence-corrected chi connectivity index (χ1v) is 19.1. The molecule has 0 N–H and O–H groups in total. The Balaban J connectivity index is 1.07. The third-order valence-corrected chi connectivity index (χ3v) is 11.6. The summed E-state index contributed by atoms with van der Waals surface area (Å²) in [7, 11) is 0. The van der Waals surface area contributed by atoms with Gasteiger partial charge in [-0.3, -0.25) is 0 Å². The van der Waals surface area contributed by atoms with Crippen LogP contribution >= 0.6 is 0 Å². The third kappa shape index (κ3) is 5.10. The van der Waals surface area contributed by atoms with E-state index in [0.717, 1.165) is 50.1 Å². The third-order valence-electron chi connectivity index (χ3n) is 11.6. The fourth-order valence-electron chi connectivity index (χ4n) is 9.04. The fraction of sp³-hybridized carbons (Fsp3) is 0.0189. The highest BCUT2D eigenvalue weighted by molar-refractivity contribution is 5.96. The Kier molecular flexibility index (Phi) is 7.42. The van der Waals surface area contributed by atoms with Crippen LogP contribution in [0.3, 0.4) is 0 Å². The predicted molar refractivity (Wildman–Crippen MR) is 230 cm³/mol. The van der Waals surface area contributed by atoms with Gasteiger partial charge in [0.2, 0.25) is 0 Å². The van der Waals surface area contributed by atoms with Gasteiger partial charge in [-0.05, 0) is 91.0 Å². The van der Waals surface area contributed by atoms with E-state index < -0.39 is 5.41 Å². The molecule has 1 spiro atoms. The Hall–Kier alpha value is -7.74. The average molecular weight is 725 g/mol. The number of hydrogen-bond acceptors (Lipinski definition) is 3. The van der Waals surface area contributed by atoms with Crippen LogP contribution < -0.4 is 0 Å². The molecule has 0 saturated heterocycles. The van der Waals surface area contributed by atoms with Gasteiger partial charge >= 0.3 is 0 Å². The number of benzene rings is 8. The van der Waals surface area contributed by atoms with E-state index in [4.69, 9.17) is 21.5 Å². The first-order valence-electron chi connectivity index (χ1n) is 19.1.